The van der Waals surface area contributed by atoms with Gasteiger partial charge >= 0.3 is 0 Å². The first-order valence-corrected chi connectivity index (χ1v) is 11.7. The molecule has 0 aliphatic heterocycles. The molecule has 5 rings (SSSR count). The lowest BCUT2D eigenvalue weighted by Crippen LogP contribution is -2.11. The van der Waals surface area contributed by atoms with Crippen LogP contribution < -0.4 is 24.3 Å². The molecule has 0 fully saturated rings. The van der Waals surface area contributed by atoms with Crippen molar-refractivity contribution in [2.45, 2.75) is 0 Å². The second-order valence-electron chi connectivity index (χ2n) is 7.49. The van der Waals surface area contributed by atoms with Crippen LogP contribution in [-0.4, -0.2) is 37.3 Å². The van der Waals surface area contributed by atoms with Crippen LogP contribution in [0.3, 0.4) is 0 Å². The van der Waals surface area contributed by atoms with Gasteiger partial charge in [0.15, 0.2) is 28.2 Å². The lowest BCUT2D eigenvalue weighted by atomic mass is 10.2. The predicted octanol–water partition coefficient (Wildman–Crippen LogP) is 6.28. The second kappa shape index (κ2) is 10.0. The zero-order chi connectivity index (χ0) is 24.2. The molecule has 0 spiro atoms. The van der Waals surface area contributed by atoms with E-state index in [-0.39, 0.29) is 5.75 Å². The van der Waals surface area contributed by atoms with E-state index in [1.165, 1.54) is 17.4 Å². The highest BCUT2D eigenvalue weighted by atomic mass is 32.1. The third-order valence-electron chi connectivity index (χ3n) is 5.26. The molecular formula is C26H22FN3O4S. The molecule has 2 heterocycles. The van der Waals surface area contributed by atoms with Gasteiger partial charge in [-0.3, -0.25) is 4.98 Å². The van der Waals surface area contributed by atoms with Gasteiger partial charge in [0, 0.05) is 29.8 Å². The highest BCUT2D eigenvalue weighted by Gasteiger charge is 2.15. The molecule has 0 unspecified atom stereocenters. The number of hydrogen-bond donors (Lipinski definition) is 1. The Morgan fingerprint density at radius 3 is 2.49 bits per heavy atom. The smallest absolute Gasteiger partial charge is 0.183 e. The lowest BCUT2D eigenvalue weighted by molar-refractivity contribution is 0.333. The average Bonchev–Trinajstić information content (AvgIpc) is 3.28. The summed E-state index contributed by atoms with van der Waals surface area (Å²) in [4.78, 5) is 8.84. The van der Waals surface area contributed by atoms with Gasteiger partial charge < -0.3 is 24.3 Å². The number of fused-ring (bicyclic) bond motifs is 2. The predicted molar refractivity (Wildman–Crippen MR) is 135 cm³/mol. The fourth-order valence-electron chi connectivity index (χ4n) is 3.58. The minimum absolute atomic E-state index is 0.0994. The number of anilines is 1. The fourth-order valence-corrected chi connectivity index (χ4v) is 4.48. The number of para-hydroxylation sites is 1. The van der Waals surface area contributed by atoms with E-state index in [4.69, 9.17) is 18.9 Å². The molecule has 7 nitrogen and oxygen atoms in total. The molecule has 0 radical (unpaired) electrons. The first-order valence-electron chi connectivity index (χ1n) is 10.8. The molecule has 0 saturated carbocycles. The molecule has 178 valence electrons. The van der Waals surface area contributed by atoms with Crippen molar-refractivity contribution in [3.63, 3.8) is 0 Å². The molecule has 2 aromatic heterocycles. The molecule has 35 heavy (non-hydrogen) atoms. The van der Waals surface area contributed by atoms with Crippen LogP contribution in [0.5, 0.6) is 28.7 Å². The molecule has 0 aliphatic carbocycles. The summed E-state index contributed by atoms with van der Waals surface area (Å²) in [6.07, 6.45) is 1.60. The Bertz CT molecular complexity index is 1480. The van der Waals surface area contributed by atoms with E-state index in [0.717, 1.165) is 10.4 Å². The number of halogens is 1. The molecule has 9 heteroatoms. The van der Waals surface area contributed by atoms with Gasteiger partial charge in [-0.15, -0.1) is 0 Å². The lowest BCUT2D eigenvalue weighted by Gasteiger charge is -2.12. The topological polar surface area (TPSA) is 74.7 Å². The molecule has 0 saturated heterocycles. The van der Waals surface area contributed by atoms with Gasteiger partial charge in [0.05, 0.1) is 36.5 Å². The van der Waals surface area contributed by atoms with Crippen LogP contribution in [0.2, 0.25) is 0 Å². The largest absolute Gasteiger partial charge is 0.493 e. The summed E-state index contributed by atoms with van der Waals surface area (Å²) >= 11 is 1.42. The van der Waals surface area contributed by atoms with Crippen LogP contribution in [0, 0.1) is 5.82 Å². The van der Waals surface area contributed by atoms with Crippen molar-refractivity contribution in [1.29, 1.82) is 0 Å². The zero-order valence-corrected chi connectivity index (χ0v) is 19.9. The van der Waals surface area contributed by atoms with Crippen molar-refractivity contribution >= 4 is 37.6 Å². The number of aromatic nitrogens is 2. The quantitative estimate of drug-likeness (QED) is 0.243. The van der Waals surface area contributed by atoms with E-state index >= 15 is 0 Å². The van der Waals surface area contributed by atoms with E-state index in [0.29, 0.717) is 52.0 Å². The number of nitrogens with one attached hydrogen (secondary N) is 1. The molecule has 5 aromatic rings. The Morgan fingerprint density at radius 1 is 0.886 bits per heavy atom. The van der Waals surface area contributed by atoms with Gasteiger partial charge in [0.25, 0.3) is 0 Å². The van der Waals surface area contributed by atoms with E-state index in [1.807, 2.05) is 30.3 Å². The summed E-state index contributed by atoms with van der Waals surface area (Å²) in [5.41, 5.74) is 1.20. The number of methoxy groups -OCH3 is 2. The van der Waals surface area contributed by atoms with E-state index in [1.54, 1.807) is 44.7 Å². The molecule has 1 N–H and O–H groups in total. The number of pyridine rings is 1. The van der Waals surface area contributed by atoms with Crippen molar-refractivity contribution in [2.24, 2.45) is 0 Å². The van der Waals surface area contributed by atoms with Crippen LogP contribution >= 0.6 is 11.3 Å². The van der Waals surface area contributed by atoms with Crippen LogP contribution in [0.15, 0.2) is 66.9 Å². The highest BCUT2D eigenvalue weighted by molar-refractivity contribution is 7.22. The fraction of sp³-hybridized carbons (Fsp3) is 0.154. The first-order chi connectivity index (χ1) is 17.1. The van der Waals surface area contributed by atoms with Crippen LogP contribution in [0.1, 0.15) is 0 Å². The van der Waals surface area contributed by atoms with Crippen LogP contribution in [0.25, 0.3) is 21.1 Å². The van der Waals surface area contributed by atoms with Crippen LogP contribution in [0.4, 0.5) is 9.52 Å². The van der Waals surface area contributed by atoms with E-state index in [2.05, 4.69) is 15.3 Å². The normalized spacial score (nSPS) is 10.9. The third-order valence-corrected chi connectivity index (χ3v) is 6.23. The van der Waals surface area contributed by atoms with Crippen molar-refractivity contribution in [1.82, 2.24) is 9.97 Å². The Labute approximate surface area is 205 Å². The third kappa shape index (κ3) is 4.90. The van der Waals surface area contributed by atoms with E-state index < -0.39 is 5.82 Å². The maximum atomic E-state index is 14.9. The van der Waals surface area contributed by atoms with Gasteiger partial charge in [-0.1, -0.05) is 29.5 Å². The monoisotopic (exact) mass is 491 g/mol. The van der Waals surface area contributed by atoms with Gasteiger partial charge in [0.1, 0.15) is 18.1 Å². The Balaban J connectivity index is 1.34. The summed E-state index contributed by atoms with van der Waals surface area (Å²) in [5, 5.41) is 4.58. The zero-order valence-electron chi connectivity index (χ0n) is 19.1. The number of thiazole rings is 1. The molecule has 0 aliphatic rings. The summed E-state index contributed by atoms with van der Waals surface area (Å²) in [6.45, 7) is 1.04. The Kier molecular flexibility index (Phi) is 6.49. The number of ether oxygens (including phenoxy) is 4. The van der Waals surface area contributed by atoms with Crippen molar-refractivity contribution in [3.8, 4) is 28.7 Å². The first kappa shape index (κ1) is 22.7. The summed E-state index contributed by atoms with van der Waals surface area (Å²) in [6, 6.07) is 17.8. The van der Waals surface area contributed by atoms with Crippen molar-refractivity contribution < 1.29 is 23.3 Å². The second-order valence-corrected chi connectivity index (χ2v) is 8.52. The minimum atomic E-state index is -0.507. The van der Waals surface area contributed by atoms with Gasteiger partial charge in [0.2, 0.25) is 0 Å². The summed E-state index contributed by atoms with van der Waals surface area (Å²) < 4.78 is 38.1. The molecule has 0 amide bonds. The van der Waals surface area contributed by atoms with Crippen molar-refractivity contribution in [3.05, 3.63) is 72.7 Å². The molecule has 3 aromatic carbocycles. The molecule has 0 bridgehead atoms. The number of benzene rings is 3. The Morgan fingerprint density at radius 2 is 1.69 bits per heavy atom. The van der Waals surface area contributed by atoms with Crippen molar-refractivity contribution in [2.75, 3.05) is 32.7 Å². The number of nitrogens with zero attached hydrogens (tertiary/aromatic N) is 2. The minimum Gasteiger partial charge on any atom is -0.493 e. The Hall–Kier alpha value is -4.11. The summed E-state index contributed by atoms with van der Waals surface area (Å²) in [5.74, 6) is 1.94. The highest BCUT2D eigenvalue weighted by Crippen LogP contribution is 2.39. The molecular weight excluding hydrogens is 469 g/mol. The van der Waals surface area contributed by atoms with Gasteiger partial charge in [-0.2, -0.15) is 0 Å². The van der Waals surface area contributed by atoms with Crippen LogP contribution in [-0.2, 0) is 0 Å². The maximum absolute atomic E-state index is 14.9. The van der Waals surface area contributed by atoms with E-state index in [9.17, 15) is 4.39 Å². The maximum Gasteiger partial charge on any atom is 0.183 e. The standard InChI is InChI=1S/C26H22FN3O4S/c1-31-23-12-17-19(14-24(23)32-2)28-9-8-21(17)34-22-15-25-20(13-18(22)27)30-26(35-25)29-10-11-33-16-6-4-3-5-7-16/h3-9,12-15H,10-11H2,1-2H3,(H,29,30). The molecule has 0 atom stereocenters. The SMILES string of the molecule is COc1cc2nccc(Oc3cc4sc(NCCOc5ccccc5)nc4cc3F)c2cc1OC. The number of rotatable bonds is 9. The van der Waals surface area contributed by atoms with Gasteiger partial charge in [-0.25, -0.2) is 9.37 Å². The van der Waals surface area contributed by atoms with Gasteiger partial charge in [-0.05, 0) is 24.3 Å². The summed E-state index contributed by atoms with van der Waals surface area (Å²) in [7, 11) is 3.11. The average molecular weight is 492 g/mol. The number of hydrogen-bond acceptors (Lipinski definition) is 8.